The van der Waals surface area contributed by atoms with Crippen LogP contribution in [0, 0.1) is 0 Å². The minimum absolute atomic E-state index is 0.117. The van der Waals surface area contributed by atoms with Gasteiger partial charge in [0.15, 0.2) is 0 Å². The average molecular weight is 214 g/mol. The lowest BCUT2D eigenvalue weighted by molar-refractivity contribution is -0.00588. The summed E-state index contributed by atoms with van der Waals surface area (Å²) in [6, 6.07) is 1.78. The van der Waals surface area contributed by atoms with Crippen molar-refractivity contribution in [2.45, 2.75) is 18.3 Å². The quantitative estimate of drug-likeness (QED) is 0.531. The number of nitrogens with zero attached hydrogens (tertiary/aromatic N) is 2. The molecule has 6 heteroatoms. The van der Waals surface area contributed by atoms with Crippen LogP contribution >= 0.6 is 0 Å². The third-order valence-corrected chi connectivity index (χ3v) is 1.91. The molecule has 0 aliphatic carbocycles. The Hall–Kier alpha value is -1.08. The Labute approximate surface area is 87.2 Å². The van der Waals surface area contributed by atoms with Crippen molar-refractivity contribution in [1.29, 1.82) is 0 Å². The standard InChI is InChI=1S/C5H10O4.C4H4N2/c6-1-4-5(8)3(7)2-9-4;1-2-5-4-6-3-1/h3-8H,1-2H2;1-4H/t3-,4+,5-;/m0./s1. The number of aliphatic hydroxyl groups is 3. The molecule has 1 saturated heterocycles. The van der Waals surface area contributed by atoms with Gasteiger partial charge >= 0.3 is 0 Å². The maximum atomic E-state index is 8.92. The number of rotatable bonds is 1. The molecule has 1 fully saturated rings. The van der Waals surface area contributed by atoms with Crippen molar-refractivity contribution < 1.29 is 20.1 Å². The van der Waals surface area contributed by atoms with Crippen LogP contribution in [0.3, 0.4) is 0 Å². The molecule has 15 heavy (non-hydrogen) atoms. The zero-order valence-corrected chi connectivity index (χ0v) is 8.10. The Morgan fingerprint density at radius 3 is 2.13 bits per heavy atom. The summed E-state index contributed by atoms with van der Waals surface area (Å²) in [4.78, 5) is 7.35. The minimum atomic E-state index is -0.921. The number of hydrogen-bond acceptors (Lipinski definition) is 6. The van der Waals surface area contributed by atoms with Gasteiger partial charge in [-0.2, -0.15) is 0 Å². The predicted octanol–water partition coefficient (Wildman–Crippen LogP) is -1.42. The molecule has 0 aromatic carbocycles. The summed E-state index contributed by atoms with van der Waals surface area (Å²) in [5.41, 5.74) is 0. The Bertz CT molecular complexity index is 233. The van der Waals surface area contributed by atoms with Gasteiger partial charge in [-0.15, -0.1) is 0 Å². The third kappa shape index (κ3) is 3.88. The molecular formula is C9H14N2O4. The fraction of sp³-hybridized carbons (Fsp3) is 0.556. The fourth-order valence-electron chi connectivity index (χ4n) is 1.08. The molecule has 1 aromatic heterocycles. The van der Waals surface area contributed by atoms with Crippen LogP contribution in [0.25, 0.3) is 0 Å². The van der Waals surface area contributed by atoms with Crippen LogP contribution in [0.15, 0.2) is 24.8 Å². The van der Waals surface area contributed by atoms with Gasteiger partial charge in [-0.05, 0) is 6.07 Å². The van der Waals surface area contributed by atoms with Crippen LogP contribution in [0.4, 0.5) is 0 Å². The highest BCUT2D eigenvalue weighted by atomic mass is 16.5. The van der Waals surface area contributed by atoms with Crippen molar-refractivity contribution in [3.63, 3.8) is 0 Å². The first-order valence-electron chi connectivity index (χ1n) is 4.54. The van der Waals surface area contributed by atoms with Crippen molar-refractivity contribution in [3.05, 3.63) is 24.8 Å². The van der Waals surface area contributed by atoms with Gasteiger partial charge in [-0.3, -0.25) is 0 Å². The molecule has 3 atom stereocenters. The summed E-state index contributed by atoms with van der Waals surface area (Å²) in [5, 5.41) is 26.2. The molecule has 6 nitrogen and oxygen atoms in total. The molecule has 2 heterocycles. The molecule has 1 aromatic rings. The molecule has 0 saturated carbocycles. The summed E-state index contributed by atoms with van der Waals surface area (Å²) in [5.74, 6) is 0. The molecule has 3 N–H and O–H groups in total. The highest BCUT2D eigenvalue weighted by Gasteiger charge is 2.33. The predicted molar refractivity (Wildman–Crippen MR) is 50.9 cm³/mol. The van der Waals surface area contributed by atoms with Crippen molar-refractivity contribution in [1.82, 2.24) is 9.97 Å². The van der Waals surface area contributed by atoms with Gasteiger partial charge in [0.25, 0.3) is 0 Å². The average Bonchev–Trinajstić information content (AvgIpc) is 2.63. The van der Waals surface area contributed by atoms with Gasteiger partial charge in [0.2, 0.25) is 0 Å². The first kappa shape index (κ1) is 12.0. The lowest BCUT2D eigenvalue weighted by Crippen LogP contribution is -2.31. The molecule has 0 radical (unpaired) electrons. The van der Waals surface area contributed by atoms with Crippen LogP contribution in [0.2, 0.25) is 0 Å². The SMILES string of the molecule is OC[C@H]1OC[C@H](O)[C@@H]1O.c1cncnc1. The van der Waals surface area contributed by atoms with E-state index in [-0.39, 0.29) is 13.2 Å². The van der Waals surface area contributed by atoms with Gasteiger partial charge in [0.05, 0.1) is 13.2 Å². The molecule has 0 bridgehead atoms. The van der Waals surface area contributed by atoms with Crippen LogP contribution in [0.5, 0.6) is 0 Å². The van der Waals surface area contributed by atoms with Gasteiger partial charge in [0, 0.05) is 12.4 Å². The van der Waals surface area contributed by atoms with Crippen LogP contribution in [-0.2, 0) is 4.74 Å². The molecular weight excluding hydrogens is 200 g/mol. The van der Waals surface area contributed by atoms with E-state index < -0.39 is 18.3 Å². The first-order chi connectivity index (χ1) is 7.25. The zero-order chi connectivity index (χ0) is 11.1. The van der Waals surface area contributed by atoms with E-state index in [2.05, 4.69) is 9.97 Å². The van der Waals surface area contributed by atoms with Crippen molar-refractivity contribution in [3.8, 4) is 0 Å². The highest BCUT2D eigenvalue weighted by Crippen LogP contribution is 2.12. The largest absolute Gasteiger partial charge is 0.394 e. The monoisotopic (exact) mass is 214 g/mol. The number of aliphatic hydroxyl groups excluding tert-OH is 3. The van der Waals surface area contributed by atoms with Crippen LogP contribution in [-0.4, -0.2) is 56.8 Å². The number of ether oxygens (including phenoxy) is 1. The Morgan fingerprint density at radius 1 is 1.27 bits per heavy atom. The zero-order valence-electron chi connectivity index (χ0n) is 8.10. The van der Waals surface area contributed by atoms with E-state index in [1.807, 2.05) is 0 Å². The van der Waals surface area contributed by atoms with Gasteiger partial charge < -0.3 is 20.1 Å². The van der Waals surface area contributed by atoms with E-state index >= 15 is 0 Å². The number of hydrogen-bond donors (Lipinski definition) is 3. The summed E-state index contributed by atoms with van der Waals surface area (Å²) in [6.07, 6.45) is 2.53. The molecule has 0 amide bonds. The molecule has 0 spiro atoms. The Kier molecular flexibility index (Phi) is 5.13. The minimum Gasteiger partial charge on any atom is -0.394 e. The van der Waals surface area contributed by atoms with Crippen molar-refractivity contribution >= 4 is 0 Å². The maximum absolute atomic E-state index is 8.92. The van der Waals surface area contributed by atoms with Crippen molar-refractivity contribution in [2.75, 3.05) is 13.2 Å². The summed E-state index contributed by atoms with van der Waals surface area (Å²) >= 11 is 0. The summed E-state index contributed by atoms with van der Waals surface area (Å²) in [6.45, 7) is -0.120. The van der Waals surface area contributed by atoms with Crippen molar-refractivity contribution in [2.24, 2.45) is 0 Å². The van der Waals surface area contributed by atoms with E-state index in [1.54, 1.807) is 18.5 Å². The second-order valence-electron chi connectivity index (χ2n) is 3.02. The smallest absolute Gasteiger partial charge is 0.115 e. The van der Waals surface area contributed by atoms with Gasteiger partial charge in [-0.1, -0.05) is 0 Å². The van der Waals surface area contributed by atoms with Gasteiger partial charge in [0.1, 0.15) is 24.6 Å². The van der Waals surface area contributed by atoms with E-state index in [9.17, 15) is 0 Å². The number of aromatic nitrogens is 2. The second-order valence-corrected chi connectivity index (χ2v) is 3.02. The lowest BCUT2D eigenvalue weighted by Gasteiger charge is -2.10. The summed E-state index contributed by atoms with van der Waals surface area (Å²) < 4.78 is 4.78. The van der Waals surface area contributed by atoms with Crippen LogP contribution < -0.4 is 0 Å². The topological polar surface area (TPSA) is 95.7 Å². The molecule has 2 rings (SSSR count). The molecule has 0 unspecified atom stereocenters. The van der Waals surface area contributed by atoms with E-state index in [4.69, 9.17) is 20.1 Å². The van der Waals surface area contributed by atoms with Crippen LogP contribution in [0.1, 0.15) is 0 Å². The molecule has 1 aliphatic heterocycles. The highest BCUT2D eigenvalue weighted by molar-refractivity contribution is 4.81. The normalized spacial score (nSPS) is 29.4. The van der Waals surface area contributed by atoms with E-state index in [1.165, 1.54) is 6.33 Å². The fourth-order valence-corrected chi connectivity index (χ4v) is 1.08. The van der Waals surface area contributed by atoms with E-state index in [0.29, 0.717) is 0 Å². The molecule has 84 valence electrons. The Morgan fingerprint density at radius 2 is 1.93 bits per heavy atom. The first-order valence-corrected chi connectivity index (χ1v) is 4.54. The summed E-state index contributed by atoms with van der Waals surface area (Å²) in [7, 11) is 0. The maximum Gasteiger partial charge on any atom is 0.115 e. The lowest BCUT2D eigenvalue weighted by atomic mass is 10.2. The van der Waals surface area contributed by atoms with E-state index in [0.717, 1.165) is 0 Å². The second kappa shape index (κ2) is 6.41. The molecule has 1 aliphatic rings. The van der Waals surface area contributed by atoms with Gasteiger partial charge in [-0.25, -0.2) is 9.97 Å². The Balaban J connectivity index is 0.000000162. The third-order valence-electron chi connectivity index (χ3n) is 1.91.